The predicted molar refractivity (Wildman–Crippen MR) is 58.7 cm³/mol. The first-order chi connectivity index (χ1) is 7.42. The normalized spacial score (nSPS) is 31.2. The van der Waals surface area contributed by atoms with E-state index in [2.05, 4.69) is 5.16 Å². The summed E-state index contributed by atoms with van der Waals surface area (Å²) in [4.78, 5) is 13.5. The summed E-state index contributed by atoms with van der Waals surface area (Å²) >= 11 is 0. The van der Waals surface area contributed by atoms with Gasteiger partial charge < -0.3 is 9.94 Å². The SMILES string of the molecule is CC(C)(C)OC(=O)N1CCC2CC1/C2=N/O. The maximum atomic E-state index is 11.9. The van der Waals surface area contributed by atoms with Crippen LogP contribution < -0.4 is 0 Å². The molecule has 0 spiro atoms. The summed E-state index contributed by atoms with van der Waals surface area (Å²) in [6, 6.07) is -0.0430. The lowest BCUT2D eigenvalue weighted by atomic mass is 9.71. The molecule has 2 atom stereocenters. The first kappa shape index (κ1) is 11.2. The molecule has 90 valence electrons. The second-order valence-corrected chi connectivity index (χ2v) is 5.44. The Kier molecular flexibility index (Phi) is 2.56. The van der Waals surface area contributed by atoms with Gasteiger partial charge in [0.2, 0.25) is 0 Å². The van der Waals surface area contributed by atoms with Gasteiger partial charge in [-0.3, -0.25) is 4.90 Å². The van der Waals surface area contributed by atoms with Gasteiger partial charge in [-0.25, -0.2) is 4.79 Å². The van der Waals surface area contributed by atoms with Crippen molar-refractivity contribution >= 4 is 11.8 Å². The molecule has 0 aromatic rings. The van der Waals surface area contributed by atoms with Crippen LogP contribution >= 0.6 is 0 Å². The molecule has 3 rings (SSSR count). The number of carbonyl (C=O) groups excluding carboxylic acids is 1. The zero-order valence-electron chi connectivity index (χ0n) is 9.93. The van der Waals surface area contributed by atoms with Crippen LogP contribution in [0.2, 0.25) is 0 Å². The molecular weight excluding hydrogens is 208 g/mol. The van der Waals surface area contributed by atoms with E-state index in [1.807, 2.05) is 20.8 Å². The van der Waals surface area contributed by atoms with Gasteiger partial charge in [0.1, 0.15) is 5.60 Å². The molecule has 1 amide bonds. The van der Waals surface area contributed by atoms with Gasteiger partial charge in [0.05, 0.1) is 11.8 Å². The van der Waals surface area contributed by atoms with Crippen molar-refractivity contribution in [1.29, 1.82) is 0 Å². The number of rotatable bonds is 0. The molecule has 0 radical (unpaired) electrons. The first-order valence-electron chi connectivity index (χ1n) is 5.64. The zero-order valence-corrected chi connectivity index (χ0v) is 9.93. The van der Waals surface area contributed by atoms with Crippen LogP contribution in [-0.2, 0) is 4.74 Å². The fourth-order valence-electron chi connectivity index (χ4n) is 2.31. The third-order valence-corrected chi connectivity index (χ3v) is 3.11. The number of hydrogen-bond acceptors (Lipinski definition) is 4. The smallest absolute Gasteiger partial charge is 0.410 e. The summed E-state index contributed by atoms with van der Waals surface area (Å²) in [5.41, 5.74) is 0.255. The van der Waals surface area contributed by atoms with E-state index in [0.717, 1.165) is 18.6 Å². The van der Waals surface area contributed by atoms with Gasteiger partial charge in [0, 0.05) is 12.5 Å². The number of amides is 1. The molecule has 0 aromatic heterocycles. The van der Waals surface area contributed by atoms with Crippen molar-refractivity contribution in [3.8, 4) is 0 Å². The largest absolute Gasteiger partial charge is 0.444 e. The van der Waals surface area contributed by atoms with E-state index >= 15 is 0 Å². The third kappa shape index (κ3) is 1.86. The molecule has 2 bridgehead atoms. The van der Waals surface area contributed by atoms with Crippen LogP contribution in [0.3, 0.4) is 0 Å². The topological polar surface area (TPSA) is 62.1 Å². The minimum Gasteiger partial charge on any atom is -0.444 e. The van der Waals surface area contributed by atoms with Crippen LogP contribution in [0.1, 0.15) is 33.6 Å². The Hall–Kier alpha value is -1.26. The lowest BCUT2D eigenvalue weighted by molar-refractivity contribution is 0.00718. The number of ether oxygens (including phenoxy) is 1. The zero-order chi connectivity index (χ0) is 11.9. The lowest BCUT2D eigenvalue weighted by Crippen LogP contribution is -2.61. The van der Waals surface area contributed by atoms with Crippen molar-refractivity contribution in [3.05, 3.63) is 0 Å². The van der Waals surface area contributed by atoms with Gasteiger partial charge in [-0.05, 0) is 33.6 Å². The molecule has 2 aliphatic heterocycles. The molecule has 1 N–H and O–H groups in total. The fourth-order valence-corrected chi connectivity index (χ4v) is 2.31. The minimum atomic E-state index is -0.478. The minimum absolute atomic E-state index is 0.0430. The second kappa shape index (κ2) is 3.64. The number of piperidine rings is 2. The van der Waals surface area contributed by atoms with Crippen molar-refractivity contribution in [2.45, 2.75) is 45.3 Å². The molecule has 1 saturated carbocycles. The first-order valence-corrected chi connectivity index (χ1v) is 5.64. The number of oxime groups is 1. The molecule has 3 fully saturated rings. The van der Waals surface area contributed by atoms with E-state index in [9.17, 15) is 4.79 Å². The molecule has 0 aromatic carbocycles. The molecule has 5 nitrogen and oxygen atoms in total. The summed E-state index contributed by atoms with van der Waals surface area (Å²) in [7, 11) is 0. The van der Waals surface area contributed by atoms with Crippen molar-refractivity contribution in [2.24, 2.45) is 11.1 Å². The van der Waals surface area contributed by atoms with E-state index < -0.39 is 5.60 Å². The number of carbonyl (C=O) groups is 1. The standard InChI is InChI=1S/C11H18N2O3/c1-11(2,3)16-10(14)13-5-4-7-6-8(13)9(7)12-15/h7-8,15H,4-6H2,1-3H3/b12-9+. The van der Waals surface area contributed by atoms with Crippen LogP contribution in [0.5, 0.6) is 0 Å². The Morgan fingerprint density at radius 1 is 1.56 bits per heavy atom. The van der Waals surface area contributed by atoms with Crippen molar-refractivity contribution < 1.29 is 14.7 Å². The predicted octanol–water partition coefficient (Wildman–Crippen LogP) is 1.85. The number of nitrogens with zero attached hydrogens (tertiary/aromatic N) is 2. The summed E-state index contributed by atoms with van der Waals surface area (Å²) in [6.07, 6.45) is 1.46. The van der Waals surface area contributed by atoms with Gasteiger partial charge >= 0.3 is 6.09 Å². The van der Waals surface area contributed by atoms with Crippen molar-refractivity contribution in [3.63, 3.8) is 0 Å². The molecule has 2 heterocycles. The summed E-state index contributed by atoms with van der Waals surface area (Å²) in [5.74, 6) is 0.369. The fraction of sp³-hybridized carbons (Fsp3) is 0.818. The van der Waals surface area contributed by atoms with Crippen LogP contribution in [-0.4, -0.2) is 40.1 Å². The Balaban J connectivity index is 2.03. The van der Waals surface area contributed by atoms with Crippen molar-refractivity contribution in [2.75, 3.05) is 6.54 Å². The Labute approximate surface area is 95.1 Å². The van der Waals surface area contributed by atoms with E-state index in [1.165, 1.54) is 0 Å². The van der Waals surface area contributed by atoms with E-state index in [4.69, 9.17) is 9.94 Å². The van der Waals surface area contributed by atoms with E-state index in [-0.39, 0.29) is 12.1 Å². The van der Waals surface area contributed by atoms with Crippen LogP contribution in [0.25, 0.3) is 0 Å². The molecule has 16 heavy (non-hydrogen) atoms. The quantitative estimate of drug-likeness (QED) is 0.506. The number of fused-ring (bicyclic) bond motifs is 2. The van der Waals surface area contributed by atoms with Gasteiger partial charge in [0.25, 0.3) is 0 Å². The van der Waals surface area contributed by atoms with Gasteiger partial charge in [0.15, 0.2) is 0 Å². The summed E-state index contributed by atoms with van der Waals surface area (Å²) in [6.45, 7) is 6.24. The molecule has 2 unspecified atom stereocenters. The molecule has 1 aliphatic carbocycles. The highest BCUT2D eigenvalue weighted by atomic mass is 16.6. The highest BCUT2D eigenvalue weighted by Crippen LogP contribution is 2.37. The molecule has 2 saturated heterocycles. The second-order valence-electron chi connectivity index (χ2n) is 5.44. The molecule has 3 aliphatic rings. The van der Waals surface area contributed by atoms with E-state index in [0.29, 0.717) is 12.5 Å². The molecular formula is C11H18N2O3. The Bertz CT molecular complexity index is 331. The highest BCUT2D eigenvalue weighted by molar-refractivity contribution is 5.99. The molecule has 5 heteroatoms. The summed E-state index contributed by atoms with van der Waals surface area (Å²) in [5, 5.41) is 12.1. The Morgan fingerprint density at radius 2 is 2.25 bits per heavy atom. The van der Waals surface area contributed by atoms with Crippen LogP contribution in [0.4, 0.5) is 4.79 Å². The average molecular weight is 226 g/mol. The average Bonchev–Trinajstić information content (AvgIpc) is 2.15. The van der Waals surface area contributed by atoms with Gasteiger partial charge in [-0.1, -0.05) is 5.16 Å². The van der Waals surface area contributed by atoms with Crippen LogP contribution in [0, 0.1) is 5.92 Å². The third-order valence-electron chi connectivity index (χ3n) is 3.11. The maximum Gasteiger partial charge on any atom is 0.410 e. The van der Waals surface area contributed by atoms with E-state index in [1.54, 1.807) is 4.90 Å². The monoisotopic (exact) mass is 226 g/mol. The van der Waals surface area contributed by atoms with Crippen LogP contribution in [0.15, 0.2) is 5.16 Å². The number of hydrogen-bond donors (Lipinski definition) is 1. The lowest BCUT2D eigenvalue weighted by Gasteiger charge is -2.48. The Morgan fingerprint density at radius 3 is 2.75 bits per heavy atom. The maximum absolute atomic E-state index is 11.9. The van der Waals surface area contributed by atoms with Gasteiger partial charge in [-0.15, -0.1) is 0 Å². The van der Waals surface area contributed by atoms with Gasteiger partial charge in [-0.2, -0.15) is 0 Å². The highest BCUT2D eigenvalue weighted by Gasteiger charge is 2.48. The van der Waals surface area contributed by atoms with Crippen molar-refractivity contribution in [1.82, 2.24) is 4.90 Å². The summed E-state index contributed by atoms with van der Waals surface area (Å²) < 4.78 is 5.32.